The summed E-state index contributed by atoms with van der Waals surface area (Å²) in [5, 5.41) is 28.5. The maximum atomic E-state index is 11.8. The van der Waals surface area contributed by atoms with E-state index >= 15 is 0 Å². The standard InChI is InChI=1S/C16H20O5/c1-9-7-10(2)16(15(9)20)21-14(19)6-4-11-3-5-12(17)13(18)8-11/h3-6,8-10,15-18,20H,7H2,1-2H3/b6-4+. The van der Waals surface area contributed by atoms with Gasteiger partial charge in [0, 0.05) is 6.08 Å². The van der Waals surface area contributed by atoms with Crippen LogP contribution in [0.3, 0.4) is 0 Å². The number of phenolic OH excluding ortho intramolecular Hbond substituents is 2. The maximum absolute atomic E-state index is 11.8. The van der Waals surface area contributed by atoms with E-state index in [1.807, 2.05) is 13.8 Å². The normalized spacial score (nSPS) is 28.9. The molecule has 5 heteroatoms. The third-order valence-corrected chi connectivity index (χ3v) is 3.89. The van der Waals surface area contributed by atoms with E-state index < -0.39 is 18.2 Å². The highest BCUT2D eigenvalue weighted by atomic mass is 16.6. The molecule has 21 heavy (non-hydrogen) atoms. The molecular formula is C16H20O5. The van der Waals surface area contributed by atoms with Crippen LogP contribution < -0.4 is 0 Å². The number of hydrogen-bond acceptors (Lipinski definition) is 5. The van der Waals surface area contributed by atoms with Crippen molar-refractivity contribution in [3.05, 3.63) is 29.8 Å². The van der Waals surface area contributed by atoms with Gasteiger partial charge in [0.25, 0.3) is 0 Å². The van der Waals surface area contributed by atoms with Gasteiger partial charge in [0.2, 0.25) is 0 Å². The van der Waals surface area contributed by atoms with Crippen LogP contribution in [0.4, 0.5) is 0 Å². The highest BCUT2D eigenvalue weighted by molar-refractivity contribution is 5.87. The average molecular weight is 292 g/mol. The van der Waals surface area contributed by atoms with Crippen molar-refractivity contribution in [1.29, 1.82) is 0 Å². The number of aliphatic hydroxyl groups excluding tert-OH is 1. The number of esters is 1. The van der Waals surface area contributed by atoms with E-state index in [9.17, 15) is 20.1 Å². The van der Waals surface area contributed by atoms with Gasteiger partial charge in [-0.15, -0.1) is 0 Å². The minimum atomic E-state index is -0.630. The van der Waals surface area contributed by atoms with Crippen LogP contribution in [0.1, 0.15) is 25.8 Å². The fraction of sp³-hybridized carbons (Fsp3) is 0.438. The Bertz CT molecular complexity index is 552. The third kappa shape index (κ3) is 3.55. The van der Waals surface area contributed by atoms with Gasteiger partial charge in [-0.2, -0.15) is 0 Å². The van der Waals surface area contributed by atoms with Gasteiger partial charge in [-0.25, -0.2) is 4.79 Å². The molecule has 0 bridgehead atoms. The summed E-state index contributed by atoms with van der Waals surface area (Å²) in [5.74, 6) is -0.751. The molecule has 0 amide bonds. The fourth-order valence-electron chi connectivity index (χ4n) is 2.69. The molecule has 1 aromatic rings. The number of carbonyl (C=O) groups is 1. The van der Waals surface area contributed by atoms with Crippen molar-refractivity contribution in [2.24, 2.45) is 11.8 Å². The molecule has 4 atom stereocenters. The van der Waals surface area contributed by atoms with Gasteiger partial charge in [-0.1, -0.05) is 19.9 Å². The van der Waals surface area contributed by atoms with E-state index in [4.69, 9.17) is 4.74 Å². The number of benzene rings is 1. The van der Waals surface area contributed by atoms with Crippen molar-refractivity contribution < 1.29 is 24.9 Å². The zero-order valence-electron chi connectivity index (χ0n) is 12.1. The summed E-state index contributed by atoms with van der Waals surface area (Å²) in [6.45, 7) is 3.89. The molecule has 0 aliphatic heterocycles. The Labute approximate surface area is 123 Å². The number of ether oxygens (including phenoxy) is 1. The summed E-state index contributed by atoms with van der Waals surface area (Å²) < 4.78 is 5.29. The first-order valence-corrected chi connectivity index (χ1v) is 6.97. The topological polar surface area (TPSA) is 87.0 Å². The van der Waals surface area contributed by atoms with Gasteiger partial charge in [0.1, 0.15) is 6.10 Å². The van der Waals surface area contributed by atoms with E-state index in [2.05, 4.69) is 0 Å². The largest absolute Gasteiger partial charge is 0.504 e. The zero-order valence-corrected chi connectivity index (χ0v) is 12.1. The molecule has 2 rings (SSSR count). The van der Waals surface area contributed by atoms with Crippen molar-refractivity contribution in [2.45, 2.75) is 32.5 Å². The van der Waals surface area contributed by atoms with Crippen molar-refractivity contribution in [2.75, 3.05) is 0 Å². The lowest BCUT2D eigenvalue weighted by Crippen LogP contribution is -2.31. The number of carbonyl (C=O) groups excluding carboxylic acids is 1. The molecule has 0 saturated heterocycles. The predicted molar refractivity (Wildman–Crippen MR) is 77.6 cm³/mol. The van der Waals surface area contributed by atoms with Crippen LogP contribution in [0.15, 0.2) is 24.3 Å². The van der Waals surface area contributed by atoms with Crippen LogP contribution in [0, 0.1) is 11.8 Å². The van der Waals surface area contributed by atoms with Crippen LogP contribution in [-0.2, 0) is 9.53 Å². The summed E-state index contributed by atoms with van der Waals surface area (Å²) in [6, 6.07) is 4.24. The second-order valence-electron chi connectivity index (χ2n) is 5.66. The molecule has 1 aliphatic carbocycles. The minimum absolute atomic E-state index is 0.121. The van der Waals surface area contributed by atoms with Crippen molar-refractivity contribution in [3.63, 3.8) is 0 Å². The van der Waals surface area contributed by atoms with Crippen LogP contribution in [-0.4, -0.2) is 33.5 Å². The molecule has 3 N–H and O–H groups in total. The number of hydrogen-bond donors (Lipinski definition) is 3. The van der Waals surface area contributed by atoms with Gasteiger partial charge in [0.05, 0.1) is 6.10 Å². The van der Waals surface area contributed by atoms with Crippen LogP contribution >= 0.6 is 0 Å². The highest BCUT2D eigenvalue weighted by Crippen LogP contribution is 2.33. The van der Waals surface area contributed by atoms with Crippen LogP contribution in [0.25, 0.3) is 6.08 Å². The second kappa shape index (κ2) is 6.18. The Balaban J connectivity index is 1.98. The molecule has 1 fully saturated rings. The Hall–Kier alpha value is -2.01. The molecule has 0 aromatic heterocycles. The Morgan fingerprint density at radius 2 is 1.95 bits per heavy atom. The van der Waals surface area contributed by atoms with Gasteiger partial charge >= 0.3 is 5.97 Å². The molecule has 0 heterocycles. The van der Waals surface area contributed by atoms with E-state index in [0.29, 0.717) is 5.56 Å². The maximum Gasteiger partial charge on any atom is 0.331 e. The summed E-state index contributed by atoms with van der Waals surface area (Å²) in [5.41, 5.74) is 0.565. The first-order valence-electron chi connectivity index (χ1n) is 6.97. The third-order valence-electron chi connectivity index (χ3n) is 3.89. The number of rotatable bonds is 3. The summed E-state index contributed by atoms with van der Waals surface area (Å²) in [7, 11) is 0. The Morgan fingerprint density at radius 3 is 2.52 bits per heavy atom. The first-order chi connectivity index (χ1) is 9.88. The lowest BCUT2D eigenvalue weighted by atomic mass is 10.1. The molecule has 0 radical (unpaired) electrons. The molecule has 0 spiro atoms. The molecule has 1 aromatic carbocycles. The smallest absolute Gasteiger partial charge is 0.331 e. The van der Waals surface area contributed by atoms with Crippen molar-refractivity contribution in [1.82, 2.24) is 0 Å². The number of aliphatic hydroxyl groups is 1. The van der Waals surface area contributed by atoms with Gasteiger partial charge in [0.15, 0.2) is 11.5 Å². The van der Waals surface area contributed by atoms with Crippen LogP contribution in [0.2, 0.25) is 0 Å². The highest BCUT2D eigenvalue weighted by Gasteiger charge is 2.39. The SMILES string of the molecule is CC1CC(C)C(OC(=O)/C=C/c2ccc(O)c(O)c2)C1O. The minimum Gasteiger partial charge on any atom is -0.504 e. The van der Waals surface area contributed by atoms with E-state index in [0.717, 1.165) is 6.42 Å². The summed E-state index contributed by atoms with van der Waals surface area (Å²) >= 11 is 0. The monoisotopic (exact) mass is 292 g/mol. The molecule has 1 aliphatic rings. The van der Waals surface area contributed by atoms with Gasteiger partial charge < -0.3 is 20.1 Å². The molecule has 5 nitrogen and oxygen atoms in total. The lowest BCUT2D eigenvalue weighted by molar-refractivity contribution is -0.150. The number of phenols is 2. The quantitative estimate of drug-likeness (QED) is 0.451. The molecule has 4 unspecified atom stereocenters. The first kappa shape index (κ1) is 15.4. The van der Waals surface area contributed by atoms with E-state index in [1.165, 1.54) is 24.3 Å². The Morgan fingerprint density at radius 1 is 1.24 bits per heavy atom. The molecule has 114 valence electrons. The lowest BCUT2D eigenvalue weighted by Gasteiger charge is -2.19. The predicted octanol–water partition coefficient (Wildman–Crippen LogP) is 2.06. The molecule has 1 saturated carbocycles. The molecular weight excluding hydrogens is 272 g/mol. The Kier molecular flexibility index (Phi) is 4.53. The van der Waals surface area contributed by atoms with Crippen molar-refractivity contribution in [3.8, 4) is 11.5 Å². The van der Waals surface area contributed by atoms with Crippen LogP contribution in [0.5, 0.6) is 11.5 Å². The van der Waals surface area contributed by atoms with Crippen molar-refractivity contribution >= 4 is 12.0 Å². The average Bonchev–Trinajstić information content (AvgIpc) is 2.67. The van der Waals surface area contributed by atoms with Gasteiger partial charge in [-0.05, 0) is 42.0 Å². The summed E-state index contributed by atoms with van der Waals surface area (Å²) in [4.78, 5) is 11.8. The second-order valence-corrected chi connectivity index (χ2v) is 5.66. The fourth-order valence-corrected chi connectivity index (χ4v) is 2.69. The number of aromatic hydroxyl groups is 2. The zero-order chi connectivity index (χ0) is 15.6. The van der Waals surface area contributed by atoms with E-state index in [1.54, 1.807) is 6.07 Å². The summed E-state index contributed by atoms with van der Waals surface area (Å²) in [6.07, 6.45) is 2.44. The van der Waals surface area contributed by atoms with Gasteiger partial charge in [-0.3, -0.25) is 0 Å². The van der Waals surface area contributed by atoms with E-state index in [-0.39, 0.29) is 23.3 Å².